The molecule has 2 rings (SSSR count). The molecule has 0 unspecified atom stereocenters. The molecule has 0 aliphatic rings. The number of ether oxygens (including phenoxy) is 1. The zero-order valence-corrected chi connectivity index (χ0v) is 11.5. The van der Waals surface area contributed by atoms with Crippen LogP contribution in [0.3, 0.4) is 0 Å². The third kappa shape index (κ3) is 3.08. The van der Waals surface area contributed by atoms with Gasteiger partial charge in [-0.25, -0.2) is 0 Å². The molecule has 0 radical (unpaired) electrons. The fourth-order valence-electron chi connectivity index (χ4n) is 1.40. The Morgan fingerprint density at radius 3 is 2.78 bits per heavy atom. The first-order valence-electron chi connectivity index (χ1n) is 5.56. The van der Waals surface area contributed by atoms with Crippen molar-refractivity contribution in [2.24, 2.45) is 0 Å². The lowest BCUT2D eigenvalue weighted by Crippen LogP contribution is -1.97. The van der Waals surface area contributed by atoms with Gasteiger partial charge in [-0.15, -0.1) is 10.2 Å². The molecular formula is C12H13BrN2O3. The van der Waals surface area contributed by atoms with Crippen molar-refractivity contribution in [2.75, 3.05) is 0 Å². The molecule has 6 heteroatoms. The number of nitrogens with zero attached hydrogens (tertiary/aromatic N) is 2. The minimum atomic E-state index is -0.0433. The van der Waals surface area contributed by atoms with E-state index >= 15 is 0 Å². The van der Waals surface area contributed by atoms with Crippen molar-refractivity contribution in [3.8, 4) is 5.75 Å². The molecule has 18 heavy (non-hydrogen) atoms. The molecule has 1 aromatic carbocycles. The van der Waals surface area contributed by atoms with E-state index in [2.05, 4.69) is 26.1 Å². The molecule has 0 fully saturated rings. The summed E-state index contributed by atoms with van der Waals surface area (Å²) < 4.78 is 11.7. The Kier molecular flexibility index (Phi) is 4.33. The highest BCUT2D eigenvalue weighted by molar-refractivity contribution is 9.10. The van der Waals surface area contributed by atoms with Crippen LogP contribution >= 0.6 is 15.9 Å². The highest BCUT2D eigenvalue weighted by Crippen LogP contribution is 2.23. The Morgan fingerprint density at radius 1 is 1.33 bits per heavy atom. The van der Waals surface area contributed by atoms with E-state index in [1.165, 1.54) is 0 Å². The fraction of sp³-hybridized carbons (Fsp3) is 0.333. The molecule has 0 amide bonds. The van der Waals surface area contributed by atoms with E-state index in [1.54, 1.807) is 12.1 Å². The molecule has 0 spiro atoms. The monoisotopic (exact) mass is 312 g/mol. The molecule has 1 N–H and O–H groups in total. The zero-order valence-electron chi connectivity index (χ0n) is 9.89. The molecule has 0 saturated carbocycles. The summed E-state index contributed by atoms with van der Waals surface area (Å²) in [5, 5.41) is 16.8. The Morgan fingerprint density at radius 2 is 2.11 bits per heavy atom. The average molecular weight is 313 g/mol. The van der Waals surface area contributed by atoms with Gasteiger partial charge in [-0.2, -0.15) is 0 Å². The van der Waals surface area contributed by atoms with E-state index in [0.717, 1.165) is 10.0 Å². The van der Waals surface area contributed by atoms with E-state index in [1.807, 2.05) is 13.0 Å². The van der Waals surface area contributed by atoms with Crippen molar-refractivity contribution < 1.29 is 14.3 Å². The molecule has 96 valence electrons. The fourth-order valence-corrected chi connectivity index (χ4v) is 1.77. The van der Waals surface area contributed by atoms with Crippen LogP contribution in [0.4, 0.5) is 0 Å². The molecule has 0 saturated heterocycles. The lowest BCUT2D eigenvalue weighted by molar-refractivity contribution is 0.256. The lowest BCUT2D eigenvalue weighted by Gasteiger charge is -2.06. The largest absolute Gasteiger partial charge is 0.484 e. The first-order valence-corrected chi connectivity index (χ1v) is 6.35. The van der Waals surface area contributed by atoms with E-state index in [-0.39, 0.29) is 13.2 Å². The molecule has 2 aromatic rings. The van der Waals surface area contributed by atoms with Crippen LogP contribution in [-0.2, 0) is 19.6 Å². The minimum absolute atomic E-state index is 0.0433. The molecule has 0 aliphatic heterocycles. The minimum Gasteiger partial charge on any atom is -0.484 e. The number of aliphatic hydroxyl groups excluding tert-OH is 1. The number of aromatic nitrogens is 2. The number of benzene rings is 1. The highest BCUT2D eigenvalue weighted by atomic mass is 79.9. The Labute approximate surface area is 113 Å². The summed E-state index contributed by atoms with van der Waals surface area (Å²) in [7, 11) is 0. The van der Waals surface area contributed by atoms with Crippen molar-refractivity contribution in [1.82, 2.24) is 10.2 Å². The van der Waals surface area contributed by atoms with Crippen LogP contribution in [0.5, 0.6) is 5.75 Å². The molecule has 5 nitrogen and oxygen atoms in total. The molecular weight excluding hydrogens is 300 g/mol. The van der Waals surface area contributed by atoms with E-state index in [0.29, 0.717) is 24.0 Å². The highest BCUT2D eigenvalue weighted by Gasteiger charge is 2.06. The van der Waals surface area contributed by atoms with Gasteiger partial charge < -0.3 is 14.3 Å². The number of halogens is 1. The molecule has 0 aliphatic carbocycles. The van der Waals surface area contributed by atoms with Crippen molar-refractivity contribution in [3.05, 3.63) is 40.0 Å². The smallest absolute Gasteiger partial charge is 0.253 e. The second-order valence-electron chi connectivity index (χ2n) is 3.64. The number of hydrogen-bond acceptors (Lipinski definition) is 5. The normalized spacial score (nSPS) is 10.6. The maximum Gasteiger partial charge on any atom is 0.253 e. The van der Waals surface area contributed by atoms with Gasteiger partial charge in [0.2, 0.25) is 5.89 Å². The van der Waals surface area contributed by atoms with Gasteiger partial charge in [0.1, 0.15) is 5.75 Å². The van der Waals surface area contributed by atoms with Gasteiger partial charge >= 0.3 is 0 Å². The van der Waals surface area contributed by atoms with Crippen molar-refractivity contribution in [2.45, 2.75) is 26.6 Å². The summed E-state index contributed by atoms with van der Waals surface area (Å²) in [4.78, 5) is 0. The third-order valence-corrected chi connectivity index (χ3v) is 3.13. The van der Waals surface area contributed by atoms with Gasteiger partial charge in [0.15, 0.2) is 6.61 Å². The van der Waals surface area contributed by atoms with Gasteiger partial charge in [-0.3, -0.25) is 0 Å². The first-order chi connectivity index (χ1) is 8.72. The van der Waals surface area contributed by atoms with Gasteiger partial charge in [0.25, 0.3) is 5.89 Å². The van der Waals surface area contributed by atoms with Gasteiger partial charge in [0.05, 0.1) is 6.61 Å². The number of aliphatic hydroxyl groups is 1. The van der Waals surface area contributed by atoms with Crippen LogP contribution in [0.1, 0.15) is 24.3 Å². The van der Waals surface area contributed by atoms with Crippen molar-refractivity contribution in [3.63, 3.8) is 0 Å². The molecule has 1 aromatic heterocycles. The Balaban J connectivity index is 2.01. The first kappa shape index (κ1) is 13.0. The second-order valence-corrected chi connectivity index (χ2v) is 4.50. The van der Waals surface area contributed by atoms with Crippen LogP contribution in [0.2, 0.25) is 0 Å². The number of aryl methyl sites for hydroxylation is 1. The number of hydrogen-bond donors (Lipinski definition) is 1. The summed E-state index contributed by atoms with van der Waals surface area (Å²) in [6.45, 7) is 2.12. The molecule has 0 atom stereocenters. The van der Waals surface area contributed by atoms with E-state index in [9.17, 15) is 0 Å². The van der Waals surface area contributed by atoms with E-state index in [4.69, 9.17) is 14.3 Å². The van der Waals surface area contributed by atoms with Crippen molar-refractivity contribution in [1.29, 1.82) is 0 Å². The summed E-state index contributed by atoms with van der Waals surface area (Å²) >= 11 is 3.34. The Hall–Kier alpha value is -1.40. The van der Waals surface area contributed by atoms with Gasteiger partial charge in [-0.1, -0.05) is 22.9 Å². The molecule has 0 bridgehead atoms. The lowest BCUT2D eigenvalue weighted by atomic mass is 10.2. The average Bonchev–Trinajstić information content (AvgIpc) is 2.86. The molecule has 1 heterocycles. The standard InChI is InChI=1S/C12H13BrN2O3/c1-2-11-14-15-12(18-11)7-17-9-3-4-10(13)8(5-9)6-16/h3-5,16H,2,6-7H2,1H3. The van der Waals surface area contributed by atoms with Crippen molar-refractivity contribution >= 4 is 15.9 Å². The van der Waals surface area contributed by atoms with Crippen LogP contribution in [0, 0.1) is 0 Å². The van der Waals surface area contributed by atoms with Crippen LogP contribution in [0.25, 0.3) is 0 Å². The summed E-state index contributed by atoms with van der Waals surface area (Å²) in [5.74, 6) is 1.69. The Bertz CT molecular complexity index is 528. The summed E-state index contributed by atoms with van der Waals surface area (Å²) in [6.07, 6.45) is 0.708. The maximum atomic E-state index is 9.14. The predicted octanol–water partition coefficient (Wildman–Crippen LogP) is 2.47. The van der Waals surface area contributed by atoms with Gasteiger partial charge in [0, 0.05) is 10.9 Å². The quantitative estimate of drug-likeness (QED) is 0.918. The van der Waals surface area contributed by atoms with Crippen LogP contribution < -0.4 is 4.74 Å². The summed E-state index contributed by atoms with van der Waals surface area (Å²) in [5.41, 5.74) is 0.771. The van der Waals surface area contributed by atoms with Crippen LogP contribution in [-0.4, -0.2) is 15.3 Å². The van der Waals surface area contributed by atoms with E-state index < -0.39 is 0 Å². The topological polar surface area (TPSA) is 68.4 Å². The number of rotatable bonds is 5. The second kappa shape index (κ2) is 5.97. The maximum absolute atomic E-state index is 9.14. The predicted molar refractivity (Wildman–Crippen MR) is 68.1 cm³/mol. The van der Waals surface area contributed by atoms with Crippen LogP contribution in [0.15, 0.2) is 27.1 Å². The summed E-state index contributed by atoms with van der Waals surface area (Å²) in [6, 6.07) is 5.40. The SMILES string of the molecule is CCc1nnc(COc2ccc(Br)c(CO)c2)o1. The third-order valence-electron chi connectivity index (χ3n) is 2.36. The zero-order chi connectivity index (χ0) is 13.0. The van der Waals surface area contributed by atoms with Gasteiger partial charge in [-0.05, 0) is 23.8 Å².